The lowest BCUT2D eigenvalue weighted by Crippen LogP contribution is -2.30. The molecule has 7 heteroatoms. The molecule has 1 fully saturated rings. The van der Waals surface area contributed by atoms with Crippen molar-refractivity contribution in [2.24, 2.45) is 11.8 Å². The molecule has 1 aliphatic carbocycles. The third-order valence-corrected chi connectivity index (χ3v) is 4.92. The van der Waals surface area contributed by atoms with Crippen LogP contribution in [-0.4, -0.2) is 29.5 Å². The van der Waals surface area contributed by atoms with E-state index in [-0.39, 0.29) is 24.3 Å². The average Bonchev–Trinajstić information content (AvgIpc) is 2.73. The molecule has 152 valence electrons. The highest BCUT2D eigenvalue weighted by molar-refractivity contribution is 5.93. The molecule has 0 radical (unpaired) electrons. The minimum atomic E-state index is -0.841. The molecule has 0 heterocycles. The first kappa shape index (κ1) is 20.4. The van der Waals surface area contributed by atoms with Crippen LogP contribution in [0.4, 0.5) is 11.4 Å². The lowest BCUT2D eigenvalue weighted by Gasteiger charge is -2.25. The van der Waals surface area contributed by atoms with E-state index in [4.69, 9.17) is 4.74 Å². The maximum absolute atomic E-state index is 12.5. The second kappa shape index (κ2) is 9.73. The molecular formula is C22H24N2O5. The topological polar surface area (TPSA) is 105 Å². The molecule has 0 spiro atoms. The minimum absolute atomic E-state index is 0.158. The molecule has 2 aromatic carbocycles. The summed E-state index contributed by atoms with van der Waals surface area (Å²) in [5.41, 5.74) is 1.24. The van der Waals surface area contributed by atoms with E-state index >= 15 is 0 Å². The van der Waals surface area contributed by atoms with Crippen molar-refractivity contribution in [2.75, 3.05) is 17.2 Å². The summed E-state index contributed by atoms with van der Waals surface area (Å²) in [6.45, 7) is -0.158. The molecule has 0 aromatic heterocycles. The van der Waals surface area contributed by atoms with Crippen LogP contribution in [0.2, 0.25) is 0 Å². The highest BCUT2D eigenvalue weighted by Crippen LogP contribution is 2.30. The fraction of sp³-hybridized carbons (Fsp3) is 0.318. The molecule has 2 atom stereocenters. The molecule has 1 aliphatic rings. The fourth-order valence-electron chi connectivity index (χ4n) is 3.43. The Bertz CT molecular complexity index is 869. The number of carbonyl (C=O) groups is 3. The van der Waals surface area contributed by atoms with E-state index in [0.717, 1.165) is 6.42 Å². The van der Waals surface area contributed by atoms with Gasteiger partial charge in [0.2, 0.25) is 5.91 Å². The Morgan fingerprint density at radius 2 is 1.66 bits per heavy atom. The van der Waals surface area contributed by atoms with E-state index in [1.54, 1.807) is 36.4 Å². The standard InChI is InChI=1S/C22H24N2O5/c25-20(23-17-8-2-1-3-9-17)14-29-19-11-5-10-18(13-19)24-21(26)15-6-4-7-16(12-15)22(27)28/h1-3,5,8-11,13,15-16H,4,6-7,12,14H2,(H,23,25)(H,24,26)(H,27,28). The van der Waals surface area contributed by atoms with Crippen molar-refractivity contribution in [3.05, 3.63) is 54.6 Å². The summed E-state index contributed by atoms with van der Waals surface area (Å²) in [6, 6.07) is 15.9. The maximum atomic E-state index is 12.5. The summed E-state index contributed by atoms with van der Waals surface area (Å²) in [5, 5.41) is 14.7. The van der Waals surface area contributed by atoms with Gasteiger partial charge in [-0.2, -0.15) is 0 Å². The van der Waals surface area contributed by atoms with Crippen LogP contribution in [0.1, 0.15) is 25.7 Å². The van der Waals surface area contributed by atoms with Gasteiger partial charge in [0.05, 0.1) is 5.92 Å². The van der Waals surface area contributed by atoms with Gasteiger partial charge in [0, 0.05) is 23.4 Å². The Morgan fingerprint density at radius 1 is 0.931 bits per heavy atom. The largest absolute Gasteiger partial charge is 0.484 e. The molecule has 0 aliphatic heterocycles. The number of ether oxygens (including phenoxy) is 1. The van der Waals surface area contributed by atoms with Crippen LogP contribution < -0.4 is 15.4 Å². The van der Waals surface area contributed by atoms with Gasteiger partial charge in [0.1, 0.15) is 5.75 Å². The molecule has 0 saturated heterocycles. The van der Waals surface area contributed by atoms with E-state index in [2.05, 4.69) is 10.6 Å². The molecule has 2 amide bonds. The zero-order valence-electron chi connectivity index (χ0n) is 16.0. The smallest absolute Gasteiger partial charge is 0.306 e. The zero-order valence-corrected chi connectivity index (χ0v) is 16.0. The van der Waals surface area contributed by atoms with E-state index in [1.807, 2.05) is 18.2 Å². The van der Waals surface area contributed by atoms with Gasteiger partial charge in [-0.1, -0.05) is 30.7 Å². The predicted molar refractivity (Wildman–Crippen MR) is 109 cm³/mol. The van der Waals surface area contributed by atoms with Crippen LogP contribution in [0.15, 0.2) is 54.6 Å². The van der Waals surface area contributed by atoms with E-state index in [0.29, 0.717) is 36.4 Å². The quantitative estimate of drug-likeness (QED) is 0.664. The van der Waals surface area contributed by atoms with Crippen molar-refractivity contribution < 1.29 is 24.2 Å². The Hall–Kier alpha value is -3.35. The molecular weight excluding hydrogens is 372 g/mol. The van der Waals surface area contributed by atoms with Gasteiger partial charge >= 0.3 is 5.97 Å². The number of anilines is 2. The van der Waals surface area contributed by atoms with Gasteiger partial charge < -0.3 is 20.5 Å². The van der Waals surface area contributed by atoms with Gasteiger partial charge in [0.25, 0.3) is 5.91 Å². The number of rotatable bonds is 7. The third-order valence-electron chi connectivity index (χ3n) is 4.92. The van der Waals surface area contributed by atoms with E-state index in [1.165, 1.54) is 0 Å². The molecule has 2 aromatic rings. The maximum Gasteiger partial charge on any atom is 0.306 e. The first-order valence-electron chi connectivity index (χ1n) is 9.62. The second-order valence-corrected chi connectivity index (χ2v) is 7.12. The molecule has 3 N–H and O–H groups in total. The highest BCUT2D eigenvalue weighted by Gasteiger charge is 2.31. The number of para-hydroxylation sites is 1. The van der Waals surface area contributed by atoms with Crippen molar-refractivity contribution in [1.82, 2.24) is 0 Å². The van der Waals surface area contributed by atoms with Crippen LogP contribution in [-0.2, 0) is 14.4 Å². The zero-order chi connectivity index (χ0) is 20.6. The van der Waals surface area contributed by atoms with Gasteiger partial charge in [-0.3, -0.25) is 14.4 Å². The lowest BCUT2D eigenvalue weighted by molar-refractivity contribution is -0.143. The average molecular weight is 396 g/mol. The van der Waals surface area contributed by atoms with Crippen LogP contribution in [0.3, 0.4) is 0 Å². The molecule has 29 heavy (non-hydrogen) atoms. The Balaban J connectivity index is 1.52. The normalized spacial score (nSPS) is 18.5. The SMILES string of the molecule is O=C(COc1cccc(NC(=O)C2CCCC(C(=O)O)C2)c1)Nc1ccccc1. The third kappa shape index (κ3) is 6.07. The van der Waals surface area contributed by atoms with Crippen molar-refractivity contribution >= 4 is 29.2 Å². The number of carboxylic acid groups (broad SMARTS) is 1. The Labute approximate surface area is 169 Å². The predicted octanol–water partition coefficient (Wildman–Crippen LogP) is 3.53. The summed E-state index contributed by atoms with van der Waals surface area (Å²) in [5.74, 6) is -1.63. The number of aliphatic carboxylic acids is 1. The highest BCUT2D eigenvalue weighted by atomic mass is 16.5. The Morgan fingerprint density at radius 3 is 2.41 bits per heavy atom. The number of benzene rings is 2. The van der Waals surface area contributed by atoms with Crippen LogP contribution in [0.25, 0.3) is 0 Å². The molecule has 3 rings (SSSR count). The summed E-state index contributed by atoms with van der Waals surface area (Å²) in [6.07, 6.45) is 2.39. The van der Waals surface area contributed by atoms with E-state index in [9.17, 15) is 19.5 Å². The Kier molecular flexibility index (Phi) is 6.84. The number of hydrogen-bond acceptors (Lipinski definition) is 4. The van der Waals surface area contributed by atoms with Gasteiger partial charge in [-0.15, -0.1) is 0 Å². The van der Waals surface area contributed by atoms with Crippen molar-refractivity contribution in [3.8, 4) is 5.75 Å². The van der Waals surface area contributed by atoms with Gasteiger partial charge in [-0.05, 0) is 43.5 Å². The lowest BCUT2D eigenvalue weighted by atomic mass is 9.81. The fourth-order valence-corrected chi connectivity index (χ4v) is 3.43. The molecule has 2 unspecified atom stereocenters. The van der Waals surface area contributed by atoms with Crippen molar-refractivity contribution in [2.45, 2.75) is 25.7 Å². The molecule has 1 saturated carbocycles. The van der Waals surface area contributed by atoms with Crippen molar-refractivity contribution in [1.29, 1.82) is 0 Å². The number of carbonyl (C=O) groups excluding carboxylic acids is 2. The van der Waals surface area contributed by atoms with Crippen LogP contribution in [0, 0.1) is 11.8 Å². The van der Waals surface area contributed by atoms with Crippen LogP contribution in [0.5, 0.6) is 5.75 Å². The van der Waals surface area contributed by atoms with Gasteiger partial charge in [0.15, 0.2) is 6.61 Å². The van der Waals surface area contributed by atoms with Crippen LogP contribution >= 0.6 is 0 Å². The monoisotopic (exact) mass is 396 g/mol. The molecule has 0 bridgehead atoms. The summed E-state index contributed by atoms with van der Waals surface area (Å²) in [7, 11) is 0. The summed E-state index contributed by atoms with van der Waals surface area (Å²) < 4.78 is 5.52. The summed E-state index contributed by atoms with van der Waals surface area (Å²) in [4.78, 5) is 35.7. The number of carboxylic acids is 1. The van der Waals surface area contributed by atoms with Gasteiger partial charge in [-0.25, -0.2) is 0 Å². The first-order valence-corrected chi connectivity index (χ1v) is 9.62. The second-order valence-electron chi connectivity index (χ2n) is 7.12. The number of amides is 2. The first-order chi connectivity index (χ1) is 14.0. The summed E-state index contributed by atoms with van der Waals surface area (Å²) >= 11 is 0. The number of hydrogen-bond donors (Lipinski definition) is 3. The number of nitrogens with one attached hydrogen (secondary N) is 2. The molecule has 7 nitrogen and oxygen atoms in total. The van der Waals surface area contributed by atoms with Crippen molar-refractivity contribution in [3.63, 3.8) is 0 Å². The van der Waals surface area contributed by atoms with E-state index < -0.39 is 11.9 Å². The minimum Gasteiger partial charge on any atom is -0.484 e.